The van der Waals surface area contributed by atoms with Crippen LogP contribution in [0.25, 0.3) is 0 Å². The monoisotopic (exact) mass is 294 g/mol. The normalized spacial score (nSPS) is 10.5. The number of hydrogen-bond acceptors (Lipinski definition) is 3. The standard InChI is InChI=1S/C15H16F2N2O2/c1-3-19-6-4-5-10(19)9-18-14-7-11(15(20)21-2)12(16)8-13(14)17/h4-8,18H,3,9H2,1-2H3. The van der Waals surface area contributed by atoms with Gasteiger partial charge < -0.3 is 14.6 Å². The van der Waals surface area contributed by atoms with Crippen LogP contribution in [-0.2, 0) is 17.8 Å². The number of carbonyl (C=O) groups is 1. The second-order valence-electron chi connectivity index (χ2n) is 4.44. The van der Waals surface area contributed by atoms with E-state index < -0.39 is 17.6 Å². The summed E-state index contributed by atoms with van der Waals surface area (Å²) in [5.41, 5.74) is 0.716. The lowest BCUT2D eigenvalue weighted by atomic mass is 10.1. The molecule has 1 aromatic heterocycles. The highest BCUT2D eigenvalue weighted by atomic mass is 19.1. The Morgan fingerprint density at radius 2 is 2.10 bits per heavy atom. The summed E-state index contributed by atoms with van der Waals surface area (Å²) in [7, 11) is 1.15. The predicted octanol–water partition coefficient (Wildman–Crippen LogP) is 3.18. The Hall–Kier alpha value is -2.37. The molecule has 0 saturated heterocycles. The van der Waals surface area contributed by atoms with Crippen molar-refractivity contribution in [2.45, 2.75) is 20.0 Å². The second-order valence-corrected chi connectivity index (χ2v) is 4.44. The van der Waals surface area contributed by atoms with Crippen LogP contribution in [-0.4, -0.2) is 17.6 Å². The molecule has 2 aromatic rings. The van der Waals surface area contributed by atoms with Gasteiger partial charge in [0.05, 0.1) is 24.9 Å². The number of anilines is 1. The first-order valence-corrected chi connectivity index (χ1v) is 6.52. The van der Waals surface area contributed by atoms with E-state index in [0.29, 0.717) is 12.6 Å². The van der Waals surface area contributed by atoms with E-state index >= 15 is 0 Å². The van der Waals surface area contributed by atoms with Gasteiger partial charge in [-0.2, -0.15) is 0 Å². The molecule has 0 spiro atoms. The summed E-state index contributed by atoms with van der Waals surface area (Å²) in [4.78, 5) is 11.4. The van der Waals surface area contributed by atoms with Gasteiger partial charge in [-0.05, 0) is 25.1 Å². The van der Waals surface area contributed by atoms with E-state index in [1.165, 1.54) is 0 Å². The number of nitrogens with zero attached hydrogens (tertiary/aromatic N) is 1. The molecule has 1 aromatic carbocycles. The van der Waals surface area contributed by atoms with Crippen molar-refractivity contribution in [3.8, 4) is 0 Å². The lowest BCUT2D eigenvalue weighted by Crippen LogP contribution is -2.10. The Morgan fingerprint density at radius 3 is 2.76 bits per heavy atom. The molecule has 0 saturated carbocycles. The molecule has 112 valence electrons. The van der Waals surface area contributed by atoms with Gasteiger partial charge in [-0.3, -0.25) is 0 Å². The Balaban J connectivity index is 2.22. The number of rotatable bonds is 5. The van der Waals surface area contributed by atoms with E-state index in [1.807, 2.05) is 29.8 Å². The highest BCUT2D eigenvalue weighted by Gasteiger charge is 2.16. The number of methoxy groups -OCH3 is 1. The van der Waals surface area contributed by atoms with Gasteiger partial charge in [-0.15, -0.1) is 0 Å². The Labute approximate surface area is 121 Å². The smallest absolute Gasteiger partial charge is 0.340 e. The maximum atomic E-state index is 13.7. The lowest BCUT2D eigenvalue weighted by Gasteiger charge is -2.11. The van der Waals surface area contributed by atoms with Crippen LogP contribution >= 0.6 is 0 Å². The zero-order valence-corrected chi connectivity index (χ0v) is 11.8. The Bertz CT molecular complexity index is 653. The number of ether oxygens (including phenoxy) is 1. The number of nitrogens with one attached hydrogen (secondary N) is 1. The average Bonchev–Trinajstić information content (AvgIpc) is 2.93. The van der Waals surface area contributed by atoms with E-state index in [-0.39, 0.29) is 11.3 Å². The summed E-state index contributed by atoms with van der Waals surface area (Å²) in [6.45, 7) is 3.16. The summed E-state index contributed by atoms with van der Waals surface area (Å²) < 4.78 is 33.7. The third-order valence-corrected chi connectivity index (χ3v) is 3.19. The van der Waals surface area contributed by atoms with E-state index in [2.05, 4.69) is 10.1 Å². The number of hydrogen-bond donors (Lipinski definition) is 1. The molecule has 0 fully saturated rings. The molecule has 21 heavy (non-hydrogen) atoms. The molecule has 0 unspecified atom stereocenters. The van der Waals surface area contributed by atoms with Crippen molar-refractivity contribution < 1.29 is 18.3 Å². The molecule has 0 aliphatic heterocycles. The number of halogens is 2. The van der Waals surface area contributed by atoms with Crippen molar-refractivity contribution in [1.29, 1.82) is 0 Å². The Morgan fingerprint density at radius 1 is 1.33 bits per heavy atom. The van der Waals surface area contributed by atoms with Crippen molar-refractivity contribution in [1.82, 2.24) is 4.57 Å². The highest BCUT2D eigenvalue weighted by Crippen LogP contribution is 2.21. The average molecular weight is 294 g/mol. The molecule has 1 heterocycles. The molecular formula is C15H16F2N2O2. The lowest BCUT2D eigenvalue weighted by molar-refractivity contribution is 0.0595. The zero-order valence-electron chi connectivity index (χ0n) is 11.8. The van der Waals surface area contributed by atoms with E-state index in [1.54, 1.807) is 0 Å². The minimum Gasteiger partial charge on any atom is -0.465 e. The quantitative estimate of drug-likeness (QED) is 0.861. The molecule has 0 aliphatic carbocycles. The number of aryl methyl sites for hydroxylation is 1. The van der Waals surface area contributed by atoms with Crippen LogP contribution in [0.1, 0.15) is 23.0 Å². The van der Waals surface area contributed by atoms with Gasteiger partial charge in [0.25, 0.3) is 0 Å². The first-order valence-electron chi connectivity index (χ1n) is 6.52. The van der Waals surface area contributed by atoms with E-state index in [9.17, 15) is 13.6 Å². The summed E-state index contributed by atoms with van der Waals surface area (Å²) in [6.07, 6.45) is 1.91. The highest BCUT2D eigenvalue weighted by molar-refractivity contribution is 5.90. The summed E-state index contributed by atoms with van der Waals surface area (Å²) in [6, 6.07) is 5.59. The maximum absolute atomic E-state index is 13.7. The molecule has 0 amide bonds. The van der Waals surface area contributed by atoms with Crippen LogP contribution in [0.2, 0.25) is 0 Å². The fourth-order valence-corrected chi connectivity index (χ4v) is 2.06. The molecule has 0 atom stereocenters. The number of carbonyl (C=O) groups excluding carboxylic acids is 1. The third-order valence-electron chi connectivity index (χ3n) is 3.19. The summed E-state index contributed by atoms with van der Waals surface area (Å²) >= 11 is 0. The molecular weight excluding hydrogens is 278 g/mol. The van der Waals surface area contributed by atoms with Gasteiger partial charge >= 0.3 is 5.97 Å². The summed E-state index contributed by atoms with van der Waals surface area (Å²) in [5, 5.41) is 2.87. The minimum atomic E-state index is -0.943. The van der Waals surface area contributed by atoms with Crippen molar-refractivity contribution in [3.05, 3.63) is 53.4 Å². The van der Waals surface area contributed by atoms with Crippen LogP contribution in [0.15, 0.2) is 30.5 Å². The van der Waals surface area contributed by atoms with Gasteiger partial charge in [-0.25, -0.2) is 13.6 Å². The molecule has 0 aliphatic rings. The third kappa shape index (κ3) is 3.21. The van der Waals surface area contributed by atoms with Gasteiger partial charge in [0.15, 0.2) is 0 Å². The first-order chi connectivity index (χ1) is 10.1. The van der Waals surface area contributed by atoms with E-state index in [4.69, 9.17) is 0 Å². The van der Waals surface area contributed by atoms with Crippen molar-refractivity contribution in [3.63, 3.8) is 0 Å². The molecule has 0 bridgehead atoms. The molecule has 4 nitrogen and oxygen atoms in total. The van der Waals surface area contributed by atoms with Crippen LogP contribution in [0, 0.1) is 11.6 Å². The van der Waals surface area contributed by atoms with Gasteiger partial charge in [0.2, 0.25) is 0 Å². The SMILES string of the molecule is CCn1cccc1CNc1cc(C(=O)OC)c(F)cc1F. The van der Waals surface area contributed by atoms with Crippen LogP contribution in [0.4, 0.5) is 14.5 Å². The zero-order chi connectivity index (χ0) is 15.4. The topological polar surface area (TPSA) is 43.3 Å². The van der Waals surface area contributed by atoms with Gasteiger partial charge in [0, 0.05) is 24.5 Å². The van der Waals surface area contributed by atoms with Gasteiger partial charge in [-0.1, -0.05) is 0 Å². The van der Waals surface area contributed by atoms with Crippen molar-refractivity contribution in [2.24, 2.45) is 0 Å². The minimum absolute atomic E-state index is 0.0562. The van der Waals surface area contributed by atoms with Crippen LogP contribution in [0.3, 0.4) is 0 Å². The van der Waals surface area contributed by atoms with Crippen LogP contribution < -0.4 is 5.32 Å². The molecule has 2 rings (SSSR count). The fraction of sp³-hybridized carbons (Fsp3) is 0.267. The Kier molecular flexibility index (Phi) is 4.57. The van der Waals surface area contributed by atoms with Crippen LogP contribution in [0.5, 0.6) is 0 Å². The van der Waals surface area contributed by atoms with Crippen molar-refractivity contribution in [2.75, 3.05) is 12.4 Å². The van der Waals surface area contributed by atoms with Crippen molar-refractivity contribution >= 4 is 11.7 Å². The molecule has 1 N–H and O–H groups in total. The number of esters is 1. The summed E-state index contributed by atoms with van der Waals surface area (Å²) in [5.74, 6) is -2.54. The maximum Gasteiger partial charge on any atom is 0.340 e. The number of benzene rings is 1. The fourth-order valence-electron chi connectivity index (χ4n) is 2.06. The van der Waals surface area contributed by atoms with E-state index in [0.717, 1.165) is 25.4 Å². The second kappa shape index (κ2) is 6.39. The van der Waals surface area contributed by atoms with Gasteiger partial charge in [0.1, 0.15) is 11.6 Å². The molecule has 6 heteroatoms. The predicted molar refractivity (Wildman–Crippen MR) is 75.1 cm³/mol. The molecule has 0 radical (unpaired) electrons. The largest absolute Gasteiger partial charge is 0.465 e. The first kappa shape index (κ1) is 15.0. The number of aromatic nitrogens is 1.